The molecule has 0 heterocycles. The van der Waals surface area contributed by atoms with Gasteiger partial charge in [0.25, 0.3) is 11.4 Å². The highest BCUT2D eigenvalue weighted by atomic mass is 16.6. The number of carbonyl (C=O) groups is 1. The first kappa shape index (κ1) is 16.1. The summed E-state index contributed by atoms with van der Waals surface area (Å²) in [6.07, 6.45) is 0. The van der Waals surface area contributed by atoms with Crippen LogP contribution in [0.4, 0.5) is 11.4 Å². The van der Waals surface area contributed by atoms with E-state index in [9.17, 15) is 25.0 Å². The molecule has 0 unspecified atom stereocenters. The van der Waals surface area contributed by atoms with Crippen molar-refractivity contribution in [2.75, 3.05) is 6.61 Å². The summed E-state index contributed by atoms with van der Waals surface area (Å²) in [4.78, 5) is 32.3. The maximum atomic E-state index is 12.0. The first-order valence-corrected chi connectivity index (χ1v) is 6.54. The average molecular weight is 316 g/mol. The van der Waals surface area contributed by atoms with Crippen LogP contribution in [0.5, 0.6) is 5.75 Å². The lowest BCUT2D eigenvalue weighted by Crippen LogP contribution is -2.12. The Labute approximate surface area is 130 Å². The zero-order chi connectivity index (χ0) is 17.0. The standard InChI is InChI=1S/C15H12N2O6/c1-10-2-3-11(8-14(10)17(21)22)15(18)9-23-13-6-4-12(5-7-13)16(19)20/h2-8H,9H2,1H3. The minimum absolute atomic E-state index is 0.0853. The molecule has 2 rings (SSSR count). The van der Waals surface area contributed by atoms with Crippen molar-refractivity contribution in [3.05, 3.63) is 73.8 Å². The number of carbonyl (C=O) groups excluding carboxylic acids is 1. The number of benzene rings is 2. The third-order valence-corrected chi connectivity index (χ3v) is 3.15. The Morgan fingerprint density at radius 3 is 2.26 bits per heavy atom. The second-order valence-corrected chi connectivity index (χ2v) is 4.72. The van der Waals surface area contributed by atoms with E-state index in [2.05, 4.69) is 0 Å². The van der Waals surface area contributed by atoms with Crippen LogP contribution in [0.3, 0.4) is 0 Å². The van der Waals surface area contributed by atoms with E-state index in [1.165, 1.54) is 42.5 Å². The molecule has 0 bridgehead atoms. The SMILES string of the molecule is Cc1ccc(C(=O)COc2ccc([N+](=O)[O-])cc2)cc1[N+](=O)[O-]. The highest BCUT2D eigenvalue weighted by Gasteiger charge is 2.15. The highest BCUT2D eigenvalue weighted by molar-refractivity contribution is 5.97. The number of aryl methyl sites for hydroxylation is 1. The molecule has 0 N–H and O–H groups in total. The summed E-state index contributed by atoms with van der Waals surface area (Å²) in [5.74, 6) is -0.128. The molecule has 0 radical (unpaired) electrons. The number of hydrogen-bond acceptors (Lipinski definition) is 6. The predicted octanol–water partition coefficient (Wildman–Crippen LogP) is 3.07. The smallest absolute Gasteiger partial charge is 0.273 e. The van der Waals surface area contributed by atoms with Crippen molar-refractivity contribution in [1.82, 2.24) is 0 Å². The fraction of sp³-hybridized carbons (Fsp3) is 0.133. The van der Waals surface area contributed by atoms with Gasteiger partial charge in [-0.1, -0.05) is 12.1 Å². The molecule has 2 aromatic carbocycles. The van der Waals surface area contributed by atoms with E-state index >= 15 is 0 Å². The molecule has 0 saturated heterocycles. The van der Waals surface area contributed by atoms with Crippen LogP contribution in [-0.2, 0) is 0 Å². The lowest BCUT2D eigenvalue weighted by Gasteiger charge is -2.06. The Balaban J connectivity index is 2.06. The van der Waals surface area contributed by atoms with Gasteiger partial charge in [-0.3, -0.25) is 25.0 Å². The molecule has 0 aromatic heterocycles. The van der Waals surface area contributed by atoms with E-state index < -0.39 is 15.6 Å². The zero-order valence-electron chi connectivity index (χ0n) is 12.1. The van der Waals surface area contributed by atoms with Crippen LogP contribution in [0.25, 0.3) is 0 Å². The van der Waals surface area contributed by atoms with Gasteiger partial charge in [-0.05, 0) is 19.1 Å². The predicted molar refractivity (Wildman–Crippen MR) is 80.8 cm³/mol. The molecule has 23 heavy (non-hydrogen) atoms. The number of non-ortho nitro benzene ring substituents is 1. The van der Waals surface area contributed by atoms with Crippen LogP contribution in [0.2, 0.25) is 0 Å². The van der Waals surface area contributed by atoms with E-state index in [4.69, 9.17) is 4.74 Å². The number of Topliss-reactive ketones (excluding diaryl/α,β-unsaturated/α-hetero) is 1. The first-order valence-electron chi connectivity index (χ1n) is 6.54. The van der Waals surface area contributed by atoms with Crippen molar-refractivity contribution >= 4 is 17.2 Å². The van der Waals surface area contributed by atoms with Gasteiger partial charge in [0.15, 0.2) is 12.4 Å². The molecule has 118 valence electrons. The van der Waals surface area contributed by atoms with E-state index in [0.29, 0.717) is 11.3 Å². The number of hydrogen-bond donors (Lipinski definition) is 0. The van der Waals surface area contributed by atoms with Crippen LogP contribution in [-0.4, -0.2) is 22.2 Å². The summed E-state index contributed by atoms with van der Waals surface area (Å²) in [6.45, 7) is 1.26. The molecule has 0 spiro atoms. The number of nitro groups is 2. The molecule has 0 aliphatic heterocycles. The van der Waals surface area contributed by atoms with Gasteiger partial charge in [0.2, 0.25) is 0 Å². The Bertz CT molecular complexity index is 770. The summed E-state index contributed by atoms with van der Waals surface area (Å²) < 4.78 is 5.25. The van der Waals surface area contributed by atoms with Gasteiger partial charge in [0.05, 0.1) is 9.85 Å². The molecule has 2 aromatic rings. The maximum absolute atomic E-state index is 12.0. The quantitative estimate of drug-likeness (QED) is 0.460. The summed E-state index contributed by atoms with van der Waals surface area (Å²) in [6, 6.07) is 9.47. The molecular weight excluding hydrogens is 304 g/mol. The fourth-order valence-corrected chi connectivity index (χ4v) is 1.88. The third kappa shape index (κ3) is 3.88. The topological polar surface area (TPSA) is 113 Å². The number of ketones is 1. The van der Waals surface area contributed by atoms with Crippen molar-refractivity contribution in [2.24, 2.45) is 0 Å². The largest absolute Gasteiger partial charge is 0.485 e. The van der Waals surface area contributed by atoms with Gasteiger partial charge in [-0.25, -0.2) is 0 Å². The molecule has 0 saturated carbocycles. The van der Waals surface area contributed by atoms with Crippen LogP contribution >= 0.6 is 0 Å². The molecule has 0 aliphatic carbocycles. The number of nitrogens with zero attached hydrogens (tertiary/aromatic N) is 2. The van der Waals surface area contributed by atoms with Gasteiger partial charge >= 0.3 is 0 Å². The van der Waals surface area contributed by atoms with Crippen molar-refractivity contribution in [2.45, 2.75) is 6.92 Å². The van der Waals surface area contributed by atoms with Crippen molar-refractivity contribution in [3.8, 4) is 5.75 Å². The normalized spacial score (nSPS) is 10.1. The summed E-state index contributed by atoms with van der Waals surface area (Å²) in [5, 5.41) is 21.4. The number of ether oxygens (including phenoxy) is 1. The van der Waals surface area contributed by atoms with Crippen LogP contribution in [0.1, 0.15) is 15.9 Å². The van der Waals surface area contributed by atoms with Crippen molar-refractivity contribution in [3.63, 3.8) is 0 Å². The lowest BCUT2D eigenvalue weighted by atomic mass is 10.1. The first-order chi connectivity index (χ1) is 10.9. The molecule has 8 heteroatoms. The Kier molecular flexibility index (Phi) is 4.65. The minimum atomic E-state index is -0.552. The van der Waals surface area contributed by atoms with E-state index in [1.807, 2.05) is 0 Å². The zero-order valence-corrected chi connectivity index (χ0v) is 12.1. The molecule has 0 atom stereocenters. The van der Waals surface area contributed by atoms with E-state index in [0.717, 1.165) is 0 Å². The van der Waals surface area contributed by atoms with Gasteiger partial charge in [-0.15, -0.1) is 0 Å². The number of rotatable bonds is 6. The second kappa shape index (κ2) is 6.65. The Hall–Kier alpha value is -3.29. The minimum Gasteiger partial charge on any atom is -0.485 e. The highest BCUT2D eigenvalue weighted by Crippen LogP contribution is 2.20. The molecular formula is C15H12N2O6. The van der Waals surface area contributed by atoms with Gasteiger partial charge in [0.1, 0.15) is 5.75 Å². The lowest BCUT2D eigenvalue weighted by molar-refractivity contribution is -0.385. The molecule has 8 nitrogen and oxygen atoms in total. The second-order valence-electron chi connectivity index (χ2n) is 4.72. The maximum Gasteiger partial charge on any atom is 0.273 e. The average Bonchev–Trinajstić information content (AvgIpc) is 2.53. The van der Waals surface area contributed by atoms with Crippen LogP contribution in [0.15, 0.2) is 42.5 Å². The number of nitro benzene ring substituents is 2. The molecule has 0 fully saturated rings. The fourth-order valence-electron chi connectivity index (χ4n) is 1.88. The summed E-state index contributed by atoms with van der Waals surface area (Å²) in [5.41, 5.74) is 0.413. The summed E-state index contributed by atoms with van der Waals surface area (Å²) in [7, 11) is 0. The molecule has 0 amide bonds. The molecule has 0 aliphatic rings. The monoisotopic (exact) mass is 316 g/mol. The van der Waals surface area contributed by atoms with E-state index in [-0.39, 0.29) is 23.5 Å². The third-order valence-electron chi connectivity index (χ3n) is 3.15. The van der Waals surface area contributed by atoms with Crippen LogP contribution < -0.4 is 4.74 Å². The van der Waals surface area contributed by atoms with E-state index in [1.54, 1.807) is 6.92 Å². The Morgan fingerprint density at radius 2 is 1.70 bits per heavy atom. The van der Waals surface area contributed by atoms with Crippen LogP contribution in [0, 0.1) is 27.2 Å². The van der Waals surface area contributed by atoms with Gasteiger partial charge in [-0.2, -0.15) is 0 Å². The van der Waals surface area contributed by atoms with Gasteiger partial charge < -0.3 is 4.74 Å². The van der Waals surface area contributed by atoms with Crippen molar-refractivity contribution in [1.29, 1.82) is 0 Å². The van der Waals surface area contributed by atoms with Crippen molar-refractivity contribution < 1.29 is 19.4 Å². The Morgan fingerprint density at radius 1 is 1.04 bits per heavy atom. The summed E-state index contributed by atoms with van der Waals surface area (Å²) >= 11 is 0. The van der Waals surface area contributed by atoms with Gasteiger partial charge in [0, 0.05) is 29.3 Å².